The fourth-order valence-electron chi connectivity index (χ4n) is 1.36. The van der Waals surface area contributed by atoms with Gasteiger partial charge in [0.25, 0.3) is 0 Å². The average molecular weight is 197 g/mol. The van der Waals surface area contributed by atoms with Gasteiger partial charge in [-0.25, -0.2) is 4.98 Å². The van der Waals surface area contributed by atoms with E-state index in [1.807, 2.05) is 13.1 Å². The van der Waals surface area contributed by atoms with Gasteiger partial charge in [0.2, 0.25) is 0 Å². The Morgan fingerprint density at radius 2 is 2.36 bits per heavy atom. The minimum atomic E-state index is 0.237. The number of hydrogen-bond acceptors (Lipinski definition) is 3. The van der Waals surface area contributed by atoms with E-state index in [1.54, 1.807) is 6.20 Å². The van der Waals surface area contributed by atoms with Gasteiger partial charge in [-0.15, -0.1) is 0 Å². The largest absolute Gasteiger partial charge is 0.380 e. The summed E-state index contributed by atoms with van der Waals surface area (Å²) in [5.74, 6) is 0.966. The van der Waals surface area contributed by atoms with Crippen LogP contribution in [0.1, 0.15) is 32.6 Å². The quantitative estimate of drug-likeness (QED) is 0.726. The average Bonchev–Trinajstić information content (AvgIpc) is 2.67. The van der Waals surface area contributed by atoms with Gasteiger partial charge in [-0.3, -0.25) is 0 Å². The van der Waals surface area contributed by atoms with Crippen LogP contribution in [0.25, 0.3) is 0 Å². The van der Waals surface area contributed by atoms with Crippen molar-refractivity contribution in [3.63, 3.8) is 0 Å². The number of nitrogens with one attached hydrogen (secondary N) is 2. The molecule has 2 N–H and O–H groups in total. The molecular weight excluding hydrogens is 178 g/mol. The van der Waals surface area contributed by atoms with Crippen molar-refractivity contribution in [3.8, 4) is 0 Å². The zero-order valence-electron chi connectivity index (χ0n) is 9.08. The monoisotopic (exact) mass is 197 g/mol. The molecule has 4 heteroatoms. The Morgan fingerprint density at radius 1 is 1.57 bits per heavy atom. The highest BCUT2D eigenvalue weighted by atomic mass is 16.5. The molecular formula is C10H19N3O. The zero-order valence-corrected chi connectivity index (χ0v) is 9.08. The highest BCUT2D eigenvalue weighted by Crippen LogP contribution is 2.06. The number of H-pyrrole nitrogens is 1. The maximum atomic E-state index is 5.32. The third kappa shape index (κ3) is 3.47. The number of hydrogen-bond donors (Lipinski definition) is 2. The van der Waals surface area contributed by atoms with Crippen LogP contribution in [-0.4, -0.2) is 29.2 Å². The fourth-order valence-corrected chi connectivity index (χ4v) is 1.36. The molecule has 1 heterocycles. The number of nitrogens with zero attached hydrogens (tertiary/aromatic N) is 1. The molecule has 0 amide bonds. The van der Waals surface area contributed by atoms with E-state index in [4.69, 9.17) is 4.74 Å². The Labute approximate surface area is 85.1 Å². The first kappa shape index (κ1) is 11.2. The second kappa shape index (κ2) is 5.78. The van der Waals surface area contributed by atoms with Gasteiger partial charge >= 0.3 is 0 Å². The fraction of sp³-hybridized carbons (Fsp3) is 0.700. The minimum absolute atomic E-state index is 0.237. The summed E-state index contributed by atoms with van der Waals surface area (Å²) in [4.78, 5) is 7.27. The van der Waals surface area contributed by atoms with Crippen LogP contribution in [0.15, 0.2) is 12.4 Å². The summed E-state index contributed by atoms with van der Waals surface area (Å²) in [6, 6.07) is 0.579. The van der Waals surface area contributed by atoms with E-state index < -0.39 is 0 Å². The second-order valence-corrected chi connectivity index (χ2v) is 3.42. The molecule has 0 fully saturated rings. The van der Waals surface area contributed by atoms with Gasteiger partial charge in [-0.2, -0.15) is 0 Å². The van der Waals surface area contributed by atoms with Crippen molar-refractivity contribution in [2.45, 2.75) is 32.9 Å². The Kier molecular flexibility index (Phi) is 4.62. The predicted octanol–water partition coefficient (Wildman–Crippen LogP) is 1.49. The molecule has 0 aliphatic rings. The predicted molar refractivity (Wildman–Crippen MR) is 56.1 cm³/mol. The molecule has 0 saturated carbocycles. The van der Waals surface area contributed by atoms with Crippen LogP contribution in [0.4, 0.5) is 0 Å². The molecule has 4 nitrogen and oxygen atoms in total. The van der Waals surface area contributed by atoms with Gasteiger partial charge in [0.05, 0.1) is 12.6 Å². The summed E-state index contributed by atoms with van der Waals surface area (Å²) in [7, 11) is 0. The third-order valence-electron chi connectivity index (χ3n) is 2.04. The summed E-state index contributed by atoms with van der Waals surface area (Å²) >= 11 is 0. The van der Waals surface area contributed by atoms with E-state index >= 15 is 0 Å². The molecule has 0 aliphatic carbocycles. The van der Waals surface area contributed by atoms with Crippen molar-refractivity contribution in [1.82, 2.24) is 15.3 Å². The van der Waals surface area contributed by atoms with E-state index in [9.17, 15) is 0 Å². The van der Waals surface area contributed by atoms with Crippen molar-refractivity contribution < 1.29 is 4.74 Å². The van der Waals surface area contributed by atoms with Crippen LogP contribution >= 0.6 is 0 Å². The van der Waals surface area contributed by atoms with Crippen LogP contribution in [0.3, 0.4) is 0 Å². The van der Waals surface area contributed by atoms with Crippen LogP contribution in [0.5, 0.6) is 0 Å². The lowest BCUT2D eigenvalue weighted by molar-refractivity contribution is 0.124. The topological polar surface area (TPSA) is 49.9 Å². The summed E-state index contributed by atoms with van der Waals surface area (Å²) < 4.78 is 5.32. The van der Waals surface area contributed by atoms with Crippen LogP contribution < -0.4 is 5.32 Å². The lowest BCUT2D eigenvalue weighted by Crippen LogP contribution is -2.33. The number of imidazole rings is 1. The molecule has 2 atom stereocenters. The van der Waals surface area contributed by atoms with Gasteiger partial charge < -0.3 is 15.0 Å². The van der Waals surface area contributed by atoms with Gasteiger partial charge in [-0.1, -0.05) is 0 Å². The molecule has 1 aromatic rings. The first-order chi connectivity index (χ1) is 6.74. The maximum absolute atomic E-state index is 5.32. The Morgan fingerprint density at radius 3 is 2.93 bits per heavy atom. The molecule has 0 spiro atoms. The molecule has 2 unspecified atom stereocenters. The molecule has 0 saturated heterocycles. The lowest BCUT2D eigenvalue weighted by Gasteiger charge is -2.18. The molecule has 0 radical (unpaired) electrons. The van der Waals surface area contributed by atoms with E-state index in [-0.39, 0.29) is 6.04 Å². The number of ether oxygens (including phenoxy) is 1. The van der Waals surface area contributed by atoms with Gasteiger partial charge in [0.15, 0.2) is 0 Å². The maximum Gasteiger partial charge on any atom is 0.122 e. The SMILES string of the molecule is CCOCC(C)NC(C)c1ncc[nH]1. The third-order valence-corrected chi connectivity index (χ3v) is 2.04. The Bertz CT molecular complexity index is 236. The van der Waals surface area contributed by atoms with Gasteiger partial charge in [0.1, 0.15) is 5.82 Å². The second-order valence-electron chi connectivity index (χ2n) is 3.42. The lowest BCUT2D eigenvalue weighted by atomic mass is 10.2. The van der Waals surface area contributed by atoms with Crippen molar-refractivity contribution in [3.05, 3.63) is 18.2 Å². The van der Waals surface area contributed by atoms with Crippen LogP contribution in [0, 0.1) is 0 Å². The number of aromatic nitrogens is 2. The van der Waals surface area contributed by atoms with Crippen molar-refractivity contribution in [2.75, 3.05) is 13.2 Å². The molecule has 0 aliphatic heterocycles. The van der Waals surface area contributed by atoms with Gasteiger partial charge in [0, 0.05) is 25.0 Å². The first-order valence-corrected chi connectivity index (χ1v) is 5.07. The molecule has 1 rings (SSSR count). The molecule has 0 bridgehead atoms. The normalized spacial score (nSPS) is 15.4. The number of aromatic amines is 1. The molecule has 80 valence electrons. The summed E-state index contributed by atoms with van der Waals surface area (Å²) in [6.45, 7) is 7.70. The standard InChI is InChI=1S/C10H19N3O/c1-4-14-7-8(2)13-9(3)10-11-5-6-12-10/h5-6,8-9,13H,4,7H2,1-3H3,(H,11,12). The highest BCUT2D eigenvalue weighted by Gasteiger charge is 2.10. The van der Waals surface area contributed by atoms with E-state index in [2.05, 4.69) is 29.1 Å². The summed E-state index contributed by atoms with van der Waals surface area (Å²) in [5.41, 5.74) is 0. The highest BCUT2D eigenvalue weighted by molar-refractivity contribution is 4.94. The van der Waals surface area contributed by atoms with Crippen LogP contribution in [-0.2, 0) is 4.74 Å². The van der Waals surface area contributed by atoms with Crippen molar-refractivity contribution >= 4 is 0 Å². The summed E-state index contributed by atoms with van der Waals surface area (Å²) in [5, 5.41) is 3.40. The molecule has 1 aromatic heterocycles. The summed E-state index contributed by atoms with van der Waals surface area (Å²) in [6.07, 6.45) is 3.60. The van der Waals surface area contributed by atoms with E-state index in [0.29, 0.717) is 6.04 Å². The van der Waals surface area contributed by atoms with E-state index in [0.717, 1.165) is 19.0 Å². The minimum Gasteiger partial charge on any atom is -0.380 e. The van der Waals surface area contributed by atoms with E-state index in [1.165, 1.54) is 0 Å². The van der Waals surface area contributed by atoms with Crippen LogP contribution in [0.2, 0.25) is 0 Å². The first-order valence-electron chi connectivity index (χ1n) is 5.07. The van der Waals surface area contributed by atoms with Gasteiger partial charge in [-0.05, 0) is 20.8 Å². The van der Waals surface area contributed by atoms with Crippen molar-refractivity contribution in [2.24, 2.45) is 0 Å². The number of rotatable bonds is 6. The Balaban J connectivity index is 2.29. The zero-order chi connectivity index (χ0) is 10.4. The molecule has 0 aromatic carbocycles. The Hall–Kier alpha value is -0.870. The molecule has 14 heavy (non-hydrogen) atoms. The smallest absolute Gasteiger partial charge is 0.122 e. The van der Waals surface area contributed by atoms with Crippen molar-refractivity contribution in [1.29, 1.82) is 0 Å².